The van der Waals surface area contributed by atoms with Crippen LogP contribution in [0.25, 0.3) is 0 Å². The third-order valence-electron chi connectivity index (χ3n) is 4.30. The molecule has 4 heteroatoms. The van der Waals surface area contributed by atoms with Crippen LogP contribution in [0, 0.1) is 19.8 Å². The van der Waals surface area contributed by atoms with Gasteiger partial charge in [-0.05, 0) is 52.2 Å². The molecule has 0 spiro atoms. The summed E-state index contributed by atoms with van der Waals surface area (Å²) in [5.74, 6) is 0.582. The number of hydrogen-bond donors (Lipinski definition) is 1. The Morgan fingerprint density at radius 1 is 1.39 bits per heavy atom. The molecule has 1 aliphatic rings. The smallest absolute Gasteiger partial charge is 0.0644 e. The van der Waals surface area contributed by atoms with Crippen LogP contribution in [0.2, 0.25) is 0 Å². The highest BCUT2D eigenvalue weighted by Crippen LogP contribution is 2.39. The lowest BCUT2D eigenvalue weighted by molar-refractivity contribution is 0.229. The highest BCUT2D eigenvalue weighted by Gasteiger charge is 2.36. The van der Waals surface area contributed by atoms with Crippen molar-refractivity contribution in [2.24, 2.45) is 18.7 Å². The monoisotopic (exact) mass is 250 g/mol. The third-order valence-corrected chi connectivity index (χ3v) is 4.30. The van der Waals surface area contributed by atoms with Crippen molar-refractivity contribution >= 4 is 0 Å². The van der Waals surface area contributed by atoms with E-state index in [1.807, 2.05) is 11.7 Å². The first-order chi connectivity index (χ1) is 8.60. The molecule has 2 heterocycles. The summed E-state index contributed by atoms with van der Waals surface area (Å²) in [7, 11) is 2.03. The fourth-order valence-electron chi connectivity index (χ4n) is 3.35. The molecule has 0 radical (unpaired) electrons. The molecule has 2 unspecified atom stereocenters. The molecule has 2 N–H and O–H groups in total. The molecule has 1 aromatic rings. The van der Waals surface area contributed by atoms with Crippen molar-refractivity contribution in [2.75, 3.05) is 19.6 Å². The number of nitrogens with zero attached hydrogens (tertiary/aromatic N) is 3. The predicted molar refractivity (Wildman–Crippen MR) is 74.4 cm³/mol. The van der Waals surface area contributed by atoms with E-state index in [1.54, 1.807) is 0 Å². The molecule has 18 heavy (non-hydrogen) atoms. The minimum absolute atomic E-state index is 0.476. The van der Waals surface area contributed by atoms with Crippen LogP contribution in [-0.4, -0.2) is 34.3 Å². The summed E-state index contributed by atoms with van der Waals surface area (Å²) in [5.41, 5.74) is 9.85. The largest absolute Gasteiger partial charge is 0.330 e. The van der Waals surface area contributed by atoms with Crippen LogP contribution in [0.15, 0.2) is 0 Å². The number of likely N-dealkylation sites (tertiary alicyclic amines) is 1. The lowest BCUT2D eigenvalue weighted by atomic mass is 9.92. The van der Waals surface area contributed by atoms with Crippen LogP contribution >= 0.6 is 0 Å². The van der Waals surface area contributed by atoms with Crippen molar-refractivity contribution in [1.29, 1.82) is 0 Å². The molecule has 0 amide bonds. The topological polar surface area (TPSA) is 47.1 Å². The lowest BCUT2D eigenvalue weighted by Crippen LogP contribution is -2.29. The van der Waals surface area contributed by atoms with Crippen LogP contribution < -0.4 is 5.73 Å². The van der Waals surface area contributed by atoms with E-state index in [1.165, 1.54) is 36.3 Å². The Kier molecular flexibility index (Phi) is 4.07. The van der Waals surface area contributed by atoms with Crippen molar-refractivity contribution in [3.05, 3.63) is 17.0 Å². The van der Waals surface area contributed by atoms with Gasteiger partial charge in [-0.3, -0.25) is 9.58 Å². The Hall–Kier alpha value is -0.870. The average molecular weight is 250 g/mol. The van der Waals surface area contributed by atoms with Gasteiger partial charge in [0, 0.05) is 24.3 Å². The van der Waals surface area contributed by atoms with Crippen molar-refractivity contribution in [1.82, 2.24) is 14.7 Å². The Balaban J connectivity index is 2.37. The standard InChI is InChI=1S/C14H26N4/c1-5-7-18-8-6-12(9-15)14(18)13-10(2)16-17(4)11(13)3/h12,14H,5-9,15H2,1-4H3. The first kappa shape index (κ1) is 13.6. The quantitative estimate of drug-likeness (QED) is 0.886. The SMILES string of the molecule is CCCN1CCC(CN)C1c1c(C)nn(C)c1C. The van der Waals surface area contributed by atoms with Gasteiger partial charge in [-0.1, -0.05) is 6.92 Å². The predicted octanol–water partition coefficient (Wildman–Crippen LogP) is 1.77. The molecular weight excluding hydrogens is 224 g/mol. The molecule has 0 aliphatic carbocycles. The van der Waals surface area contributed by atoms with Crippen LogP contribution in [0.5, 0.6) is 0 Å². The zero-order valence-corrected chi connectivity index (χ0v) is 12.1. The van der Waals surface area contributed by atoms with Gasteiger partial charge in [-0.25, -0.2) is 0 Å². The van der Waals surface area contributed by atoms with Crippen molar-refractivity contribution in [2.45, 2.75) is 39.7 Å². The normalized spacial score (nSPS) is 24.9. The Morgan fingerprint density at radius 2 is 2.11 bits per heavy atom. The average Bonchev–Trinajstić information content (AvgIpc) is 2.82. The van der Waals surface area contributed by atoms with E-state index in [-0.39, 0.29) is 0 Å². The summed E-state index contributed by atoms with van der Waals surface area (Å²) in [4.78, 5) is 2.59. The van der Waals surface area contributed by atoms with Gasteiger partial charge in [-0.2, -0.15) is 5.10 Å². The second-order valence-corrected chi connectivity index (χ2v) is 5.47. The van der Waals surface area contributed by atoms with E-state index < -0.39 is 0 Å². The van der Waals surface area contributed by atoms with E-state index in [2.05, 4.69) is 30.8 Å². The molecule has 2 rings (SSSR count). The van der Waals surface area contributed by atoms with E-state index in [9.17, 15) is 0 Å². The van der Waals surface area contributed by atoms with Gasteiger partial charge < -0.3 is 5.73 Å². The first-order valence-electron chi connectivity index (χ1n) is 7.04. The Morgan fingerprint density at radius 3 is 2.61 bits per heavy atom. The van der Waals surface area contributed by atoms with Crippen LogP contribution in [0.3, 0.4) is 0 Å². The van der Waals surface area contributed by atoms with Gasteiger partial charge in [0.15, 0.2) is 0 Å². The van der Waals surface area contributed by atoms with Gasteiger partial charge in [0.2, 0.25) is 0 Å². The van der Waals surface area contributed by atoms with Crippen LogP contribution in [0.4, 0.5) is 0 Å². The maximum absolute atomic E-state index is 5.97. The number of hydrogen-bond acceptors (Lipinski definition) is 3. The number of nitrogens with two attached hydrogens (primary N) is 1. The summed E-state index contributed by atoms with van der Waals surface area (Å²) >= 11 is 0. The molecule has 4 nitrogen and oxygen atoms in total. The van der Waals surface area contributed by atoms with Gasteiger partial charge in [0.1, 0.15) is 0 Å². The van der Waals surface area contributed by atoms with Gasteiger partial charge >= 0.3 is 0 Å². The van der Waals surface area contributed by atoms with Crippen LogP contribution in [-0.2, 0) is 7.05 Å². The number of aromatic nitrogens is 2. The van der Waals surface area contributed by atoms with Crippen LogP contribution in [0.1, 0.15) is 42.8 Å². The summed E-state index contributed by atoms with van der Waals surface area (Å²) in [6.45, 7) is 9.65. The second-order valence-electron chi connectivity index (χ2n) is 5.47. The molecule has 1 aromatic heterocycles. The summed E-state index contributed by atoms with van der Waals surface area (Å²) in [5, 5.41) is 4.57. The van der Waals surface area contributed by atoms with E-state index in [0.29, 0.717) is 12.0 Å². The van der Waals surface area contributed by atoms with Gasteiger partial charge in [0.05, 0.1) is 5.69 Å². The molecule has 0 bridgehead atoms. The molecule has 2 atom stereocenters. The maximum Gasteiger partial charge on any atom is 0.0644 e. The minimum atomic E-state index is 0.476. The molecular formula is C14H26N4. The zero-order valence-electron chi connectivity index (χ0n) is 12.1. The summed E-state index contributed by atoms with van der Waals surface area (Å²) in [6, 6.07) is 0.476. The molecule has 1 fully saturated rings. The van der Waals surface area contributed by atoms with Gasteiger partial charge in [0.25, 0.3) is 0 Å². The summed E-state index contributed by atoms with van der Waals surface area (Å²) < 4.78 is 2.00. The lowest BCUT2D eigenvalue weighted by Gasteiger charge is -2.28. The second kappa shape index (κ2) is 5.41. The Bertz CT molecular complexity index is 410. The molecule has 102 valence electrons. The molecule has 1 aliphatic heterocycles. The van der Waals surface area contributed by atoms with Crippen molar-refractivity contribution in [3.8, 4) is 0 Å². The zero-order chi connectivity index (χ0) is 13.3. The molecule has 0 saturated carbocycles. The summed E-state index contributed by atoms with van der Waals surface area (Å²) in [6.07, 6.45) is 2.42. The van der Waals surface area contributed by atoms with E-state index in [0.717, 1.165) is 13.1 Å². The Labute approximate surface area is 110 Å². The van der Waals surface area contributed by atoms with Gasteiger partial charge in [-0.15, -0.1) is 0 Å². The van der Waals surface area contributed by atoms with Crippen molar-refractivity contribution < 1.29 is 0 Å². The van der Waals surface area contributed by atoms with Crippen molar-refractivity contribution in [3.63, 3.8) is 0 Å². The first-order valence-corrected chi connectivity index (χ1v) is 7.04. The fourth-order valence-corrected chi connectivity index (χ4v) is 3.35. The fraction of sp³-hybridized carbons (Fsp3) is 0.786. The molecule has 1 saturated heterocycles. The highest BCUT2D eigenvalue weighted by molar-refractivity contribution is 5.30. The van der Waals surface area contributed by atoms with E-state index >= 15 is 0 Å². The third kappa shape index (κ3) is 2.19. The number of aryl methyl sites for hydroxylation is 2. The maximum atomic E-state index is 5.97. The molecule has 0 aromatic carbocycles. The number of rotatable bonds is 4. The van der Waals surface area contributed by atoms with E-state index in [4.69, 9.17) is 5.73 Å². The minimum Gasteiger partial charge on any atom is -0.330 e. The highest BCUT2D eigenvalue weighted by atomic mass is 15.3.